The molecule has 0 radical (unpaired) electrons. The molecule has 0 saturated carbocycles. The van der Waals surface area contributed by atoms with Crippen molar-refractivity contribution in [2.45, 2.75) is 210 Å². The van der Waals surface area contributed by atoms with Crippen molar-refractivity contribution in [3.63, 3.8) is 0 Å². The Morgan fingerprint density at radius 2 is 0.637 bits per heavy atom. The topological polar surface area (TPSA) is 517 Å². The van der Waals surface area contributed by atoms with Gasteiger partial charge in [0.15, 0.2) is 43.8 Å². The molecule has 1 unspecified atom stereocenters. The lowest BCUT2D eigenvalue weighted by Gasteiger charge is -2.51. The molecular weight excluding hydrogens is 1100 g/mol. The second-order valence-electron chi connectivity index (χ2n) is 19.6. The van der Waals surface area contributed by atoms with Crippen molar-refractivity contribution in [3.8, 4) is 0 Å². The Bertz CT molecular complexity index is 1960. The van der Waals surface area contributed by atoms with Crippen LogP contribution in [0.25, 0.3) is 0 Å². The van der Waals surface area contributed by atoms with Gasteiger partial charge in [-0.05, 0) is 12.8 Å². The number of carbonyl (C=O) groups is 2. The van der Waals surface area contributed by atoms with Gasteiger partial charge < -0.3 is 158 Å². The summed E-state index contributed by atoms with van der Waals surface area (Å²) in [6.07, 6.45) is -62.0. The van der Waals surface area contributed by atoms with Gasteiger partial charge in [-0.15, -0.1) is 0 Å². The average Bonchev–Trinajstić information content (AvgIpc) is 3.51. The normalized spacial score (nSPS) is 47.9. The Morgan fingerprint density at radius 3 is 0.912 bits per heavy atom. The van der Waals surface area contributed by atoms with Crippen molar-refractivity contribution < 1.29 is 167 Å². The predicted molar refractivity (Wildman–Crippen MR) is 245 cm³/mol. The molecule has 17 N–H and O–H groups in total. The monoisotopic (exact) mass is 1170 g/mol. The molecule has 34 nitrogen and oxygen atoms in total. The van der Waals surface area contributed by atoms with E-state index in [4.69, 9.17) is 71.1 Å². The van der Waals surface area contributed by atoms with Crippen LogP contribution in [0, 0.1) is 0 Å². The molecule has 22 fully saturated rings. The van der Waals surface area contributed by atoms with Crippen molar-refractivity contribution >= 4 is 11.9 Å². The molecule has 460 valence electrons. The highest BCUT2D eigenvalue weighted by Crippen LogP contribution is 2.39. The molecule has 0 aliphatic carbocycles. The van der Waals surface area contributed by atoms with E-state index in [-0.39, 0.29) is 19.3 Å². The molecule has 0 aromatic carbocycles. The van der Waals surface area contributed by atoms with E-state index in [1.54, 1.807) is 0 Å². The lowest BCUT2D eigenvalue weighted by atomic mass is 9.94. The Morgan fingerprint density at radius 1 is 0.375 bits per heavy atom. The second-order valence-corrected chi connectivity index (χ2v) is 19.6. The van der Waals surface area contributed by atoms with Crippen LogP contribution in [0.3, 0.4) is 0 Å². The van der Waals surface area contributed by atoms with E-state index in [9.17, 15) is 96.4 Å². The Balaban J connectivity index is 1.25. The van der Waals surface area contributed by atoms with Gasteiger partial charge in [0.1, 0.15) is 146 Å². The van der Waals surface area contributed by atoms with Gasteiger partial charge in [0.2, 0.25) is 0 Å². The van der Waals surface area contributed by atoms with Crippen molar-refractivity contribution in [1.29, 1.82) is 0 Å². The molecule has 31 atom stereocenters. The average molecular weight is 1170 g/mol. The Labute approximate surface area is 453 Å². The highest BCUT2D eigenvalue weighted by atomic mass is 16.8. The predicted octanol–water partition coefficient (Wildman–Crippen LogP) is -11.1. The van der Waals surface area contributed by atoms with E-state index >= 15 is 0 Å². The van der Waals surface area contributed by atoms with Crippen molar-refractivity contribution in [1.82, 2.24) is 0 Å². The van der Waals surface area contributed by atoms with Crippen LogP contribution in [0.5, 0.6) is 0 Å². The molecule has 22 aliphatic heterocycles. The fourth-order valence-electron chi connectivity index (χ4n) is 10.2. The minimum Gasteiger partial charge on any atom is -0.435 e. The van der Waals surface area contributed by atoms with Crippen LogP contribution in [0.2, 0.25) is 0 Å². The van der Waals surface area contributed by atoms with Gasteiger partial charge >= 0.3 is 11.9 Å². The van der Waals surface area contributed by atoms with E-state index < -0.39 is 242 Å². The number of aliphatic hydroxyl groups excluding tert-OH is 17. The smallest absolute Gasteiger partial charge is 0.340 e. The third-order valence-electron chi connectivity index (χ3n) is 14.5. The molecule has 22 rings (SSSR count). The van der Waals surface area contributed by atoms with Crippen LogP contribution in [0.1, 0.15) is 19.3 Å². The number of ether oxygens (including phenoxy) is 15. The van der Waals surface area contributed by atoms with Gasteiger partial charge in [0.05, 0.1) is 52.2 Å². The highest BCUT2D eigenvalue weighted by Gasteiger charge is 2.59. The fraction of sp³-hybridized carbons (Fsp3) is 0.870. The molecule has 80 heavy (non-hydrogen) atoms. The summed E-state index contributed by atoms with van der Waals surface area (Å²) in [6.45, 7) is 0.249. The maximum Gasteiger partial charge on any atom is 0.340 e. The minimum atomic E-state index is -2.28. The molecular formula is C46H72O34. The summed E-state index contributed by atoms with van der Waals surface area (Å²) < 4.78 is 85.3. The van der Waals surface area contributed by atoms with E-state index in [0.717, 1.165) is 12.5 Å². The molecule has 12 bridgehead atoms. The lowest BCUT2D eigenvalue weighted by Crippen LogP contribution is -2.69. The summed E-state index contributed by atoms with van der Waals surface area (Å²) in [5.74, 6) is -1.96. The molecule has 0 amide bonds. The van der Waals surface area contributed by atoms with Crippen molar-refractivity contribution in [2.24, 2.45) is 0 Å². The maximum absolute atomic E-state index is 13.4. The second kappa shape index (κ2) is 28.9. The summed E-state index contributed by atoms with van der Waals surface area (Å²) in [5, 5.41) is 189. The first kappa shape index (κ1) is 64.8. The van der Waals surface area contributed by atoms with Crippen LogP contribution >= 0.6 is 0 Å². The zero-order chi connectivity index (χ0) is 58.4. The first-order chi connectivity index (χ1) is 38.2. The van der Waals surface area contributed by atoms with Crippen LogP contribution in [0.4, 0.5) is 0 Å². The van der Waals surface area contributed by atoms with E-state index in [2.05, 4.69) is 13.2 Å². The molecule has 0 spiro atoms. The SMILES string of the molecule is C=COC(=O)CCCC(O[C@@H]1[C@@H](O)[C@H]2O[C@H]3[C@H](O)[C@@H](O)[C@@H](O[C@H]4[C@H](O)[C@@H](O)[C@@H](O[C@H]5[C@H](O)[C@@H](O)[C@@H](O[C@H]6[C@H](O)[C@@H](O)[C@@H](O[C@H]7[C@H](O)[C@@H](O)[C@@H](O[C@H]1[C@@H](CO)O2)O[C@@H]7CO)O[C@@H]6CO)O[C@@H]5CO)O[C@@H]4CO)O[C@@H]3CO)C(=O)OC=C. The first-order valence-corrected chi connectivity index (χ1v) is 25.5. The standard InChI is InChI=1S/C46H72O34/c1-3-66-21(53)7-5-6-14(40(65)67-4-2)68-39-32(64)46-74-20(13-52)38(39)80-45-31(63)26(58)36(18(11-50)73-45)78-43-29(61)24(56)34(16(9-48)71-43)76-41-27(59)22(54)33(15(8-47)69-41)75-42-28(60)23(55)35(17(10-49)70-42)77-44-30(62)25(57)37(79-46)19(12-51)72-44/h3-4,14-20,22-39,41-52,54-64H,1-2,5-13H2/t14?,15-,16-,17-,18-,19-,20-,22-,23-,24-,25-,26-,27-,28-,29-,30-,31-,32-,33-,34-,35-,36-,37-,38+,39-,41-,42-,43-,44-,45-,46-/m1/s1. The Hall–Kier alpha value is -2.78. The first-order valence-electron chi connectivity index (χ1n) is 25.5. The summed E-state index contributed by atoms with van der Waals surface area (Å²) in [6, 6.07) is 0. The number of rotatable bonds is 15. The molecule has 22 heterocycles. The van der Waals surface area contributed by atoms with Gasteiger partial charge in [0.25, 0.3) is 0 Å². The third kappa shape index (κ3) is 13.8. The molecule has 0 aromatic rings. The van der Waals surface area contributed by atoms with Gasteiger partial charge in [-0.1, -0.05) is 13.2 Å². The summed E-state index contributed by atoms with van der Waals surface area (Å²) in [7, 11) is 0. The van der Waals surface area contributed by atoms with Gasteiger partial charge in [0, 0.05) is 6.42 Å². The van der Waals surface area contributed by atoms with E-state index in [0.29, 0.717) is 0 Å². The van der Waals surface area contributed by atoms with Gasteiger partial charge in [-0.3, -0.25) is 4.79 Å². The lowest BCUT2D eigenvalue weighted by molar-refractivity contribution is -0.405. The zero-order valence-corrected chi connectivity index (χ0v) is 42.4. The minimum absolute atomic E-state index is 0.161. The number of hydrogen-bond acceptors (Lipinski definition) is 34. The van der Waals surface area contributed by atoms with Crippen molar-refractivity contribution in [2.75, 3.05) is 39.6 Å². The summed E-state index contributed by atoms with van der Waals surface area (Å²) in [5.41, 5.74) is 0. The molecule has 34 heteroatoms. The number of esters is 2. The number of hydrogen-bond donors (Lipinski definition) is 17. The van der Waals surface area contributed by atoms with Gasteiger partial charge in [-0.25, -0.2) is 4.79 Å². The van der Waals surface area contributed by atoms with Crippen LogP contribution < -0.4 is 0 Å². The molecule has 22 saturated heterocycles. The number of carbonyl (C=O) groups excluding carboxylic acids is 2. The quantitative estimate of drug-likeness (QED) is 0.0535. The van der Waals surface area contributed by atoms with Gasteiger partial charge in [-0.2, -0.15) is 0 Å². The highest BCUT2D eigenvalue weighted by molar-refractivity contribution is 5.75. The van der Waals surface area contributed by atoms with E-state index in [1.165, 1.54) is 0 Å². The summed E-state index contributed by atoms with van der Waals surface area (Å²) >= 11 is 0. The Kier molecular flexibility index (Phi) is 23.4. The van der Waals surface area contributed by atoms with Crippen LogP contribution in [-0.4, -0.2) is 329 Å². The molecule has 22 aliphatic rings. The largest absolute Gasteiger partial charge is 0.435 e. The number of aliphatic hydroxyl groups is 17. The third-order valence-corrected chi connectivity index (χ3v) is 14.5. The zero-order valence-electron chi connectivity index (χ0n) is 42.4. The maximum atomic E-state index is 13.4. The summed E-state index contributed by atoms with van der Waals surface area (Å²) in [4.78, 5) is 25.6. The van der Waals surface area contributed by atoms with Crippen molar-refractivity contribution in [3.05, 3.63) is 25.7 Å². The van der Waals surface area contributed by atoms with E-state index in [1.807, 2.05) is 0 Å². The van der Waals surface area contributed by atoms with Crippen LogP contribution in [0.15, 0.2) is 25.7 Å². The van der Waals surface area contributed by atoms with Crippen LogP contribution in [-0.2, 0) is 80.6 Å². The molecule has 0 aromatic heterocycles. The fourth-order valence-corrected chi connectivity index (χ4v) is 10.2.